The van der Waals surface area contributed by atoms with E-state index in [1.54, 1.807) is 44.2 Å². The third kappa shape index (κ3) is 2.11. The van der Waals surface area contributed by atoms with Crippen molar-refractivity contribution in [1.82, 2.24) is 0 Å². The zero-order valence-electron chi connectivity index (χ0n) is 10.2. The van der Waals surface area contributed by atoms with Crippen LogP contribution in [0.5, 0.6) is 5.75 Å². The molecular formula is C14H14O3S. The van der Waals surface area contributed by atoms with Crippen LogP contribution >= 0.6 is 0 Å². The van der Waals surface area contributed by atoms with Crippen molar-refractivity contribution in [2.75, 3.05) is 0 Å². The number of sulfone groups is 1. The van der Waals surface area contributed by atoms with Gasteiger partial charge in [-0.05, 0) is 49.2 Å². The molecule has 0 radical (unpaired) electrons. The van der Waals surface area contributed by atoms with E-state index in [-0.39, 0.29) is 15.5 Å². The molecule has 0 bridgehead atoms. The summed E-state index contributed by atoms with van der Waals surface area (Å²) in [4.78, 5) is 0.469. The van der Waals surface area contributed by atoms with Crippen LogP contribution in [0.4, 0.5) is 0 Å². The van der Waals surface area contributed by atoms with Crippen molar-refractivity contribution >= 4 is 9.84 Å². The van der Waals surface area contributed by atoms with E-state index in [1.807, 2.05) is 0 Å². The molecule has 0 saturated carbocycles. The summed E-state index contributed by atoms with van der Waals surface area (Å²) in [5, 5.41) is 9.67. The predicted molar refractivity (Wildman–Crippen MR) is 69.5 cm³/mol. The van der Waals surface area contributed by atoms with Crippen LogP contribution in [0.15, 0.2) is 52.3 Å². The first-order chi connectivity index (χ1) is 8.43. The molecule has 0 unspecified atom stereocenters. The van der Waals surface area contributed by atoms with Crippen molar-refractivity contribution in [3.05, 3.63) is 53.6 Å². The molecular weight excluding hydrogens is 248 g/mol. The number of benzene rings is 2. The molecule has 1 N–H and O–H groups in total. The fourth-order valence-corrected chi connectivity index (χ4v) is 3.26. The normalized spacial score (nSPS) is 11.4. The van der Waals surface area contributed by atoms with Gasteiger partial charge in [-0.3, -0.25) is 0 Å². The largest absolute Gasteiger partial charge is 0.507 e. The lowest BCUT2D eigenvalue weighted by molar-refractivity contribution is 0.466. The topological polar surface area (TPSA) is 54.4 Å². The van der Waals surface area contributed by atoms with Crippen LogP contribution < -0.4 is 0 Å². The van der Waals surface area contributed by atoms with Gasteiger partial charge in [0.15, 0.2) is 0 Å². The molecule has 0 aliphatic heterocycles. The van der Waals surface area contributed by atoms with E-state index in [9.17, 15) is 13.5 Å². The average molecular weight is 262 g/mol. The van der Waals surface area contributed by atoms with Gasteiger partial charge in [0.1, 0.15) is 5.75 Å². The minimum Gasteiger partial charge on any atom is -0.507 e. The second-order valence-corrected chi connectivity index (χ2v) is 6.17. The van der Waals surface area contributed by atoms with Gasteiger partial charge in [0, 0.05) is 0 Å². The highest BCUT2D eigenvalue weighted by Crippen LogP contribution is 2.28. The summed E-state index contributed by atoms with van der Waals surface area (Å²) in [6.45, 7) is 3.37. The van der Waals surface area contributed by atoms with Crippen LogP contribution in [0.2, 0.25) is 0 Å². The molecule has 4 heteroatoms. The molecule has 18 heavy (non-hydrogen) atoms. The highest BCUT2D eigenvalue weighted by molar-refractivity contribution is 7.91. The van der Waals surface area contributed by atoms with Gasteiger partial charge in [-0.15, -0.1) is 0 Å². The van der Waals surface area contributed by atoms with E-state index in [2.05, 4.69) is 0 Å². The second-order valence-electron chi connectivity index (χ2n) is 4.22. The minimum atomic E-state index is -3.51. The van der Waals surface area contributed by atoms with E-state index in [4.69, 9.17) is 0 Å². The Balaban J connectivity index is 2.63. The summed E-state index contributed by atoms with van der Waals surface area (Å²) in [6, 6.07) is 11.3. The highest BCUT2D eigenvalue weighted by atomic mass is 32.2. The van der Waals surface area contributed by atoms with E-state index < -0.39 is 9.84 Å². The van der Waals surface area contributed by atoms with Gasteiger partial charge in [0.2, 0.25) is 9.84 Å². The second kappa shape index (κ2) is 4.46. The summed E-state index contributed by atoms with van der Waals surface area (Å²) in [6.07, 6.45) is 0. The zero-order chi connectivity index (χ0) is 13.3. The van der Waals surface area contributed by atoms with Gasteiger partial charge in [0.25, 0.3) is 0 Å². The standard InChI is InChI=1S/C14H14O3S/c1-10-8-13(9-11(2)14(10)15)18(16,17)12-6-4-3-5-7-12/h3-9,15H,1-2H3. The van der Waals surface area contributed by atoms with Crippen LogP contribution in [0.25, 0.3) is 0 Å². The molecule has 0 fully saturated rings. The highest BCUT2D eigenvalue weighted by Gasteiger charge is 2.19. The van der Waals surface area contributed by atoms with Gasteiger partial charge in [0.05, 0.1) is 9.79 Å². The molecule has 0 saturated heterocycles. The van der Waals surface area contributed by atoms with Crippen LogP contribution in [-0.2, 0) is 9.84 Å². The molecule has 0 atom stereocenters. The molecule has 94 valence electrons. The number of phenolic OH excluding ortho intramolecular Hbond substituents is 1. The van der Waals surface area contributed by atoms with Crippen LogP contribution in [0.1, 0.15) is 11.1 Å². The summed E-state index contributed by atoms with van der Waals surface area (Å²) >= 11 is 0. The van der Waals surface area contributed by atoms with E-state index in [0.717, 1.165) is 0 Å². The van der Waals surface area contributed by atoms with Crippen molar-refractivity contribution in [1.29, 1.82) is 0 Å². The minimum absolute atomic E-state index is 0.141. The van der Waals surface area contributed by atoms with Crippen LogP contribution in [-0.4, -0.2) is 13.5 Å². The molecule has 0 heterocycles. The summed E-state index contributed by atoms with van der Waals surface area (Å²) in [7, 11) is -3.51. The fraction of sp³-hybridized carbons (Fsp3) is 0.143. The number of aryl methyl sites for hydroxylation is 2. The van der Waals surface area contributed by atoms with Crippen LogP contribution in [0.3, 0.4) is 0 Å². The number of rotatable bonds is 2. The molecule has 0 amide bonds. The molecule has 2 rings (SSSR count). The van der Waals surface area contributed by atoms with Gasteiger partial charge in [-0.25, -0.2) is 8.42 Å². The monoisotopic (exact) mass is 262 g/mol. The van der Waals surface area contributed by atoms with Gasteiger partial charge in [-0.2, -0.15) is 0 Å². The Bertz CT molecular complexity index is 650. The van der Waals surface area contributed by atoms with Crippen LogP contribution in [0, 0.1) is 13.8 Å². The quantitative estimate of drug-likeness (QED) is 0.905. The van der Waals surface area contributed by atoms with Crippen molar-refractivity contribution in [2.45, 2.75) is 23.6 Å². The first-order valence-electron chi connectivity index (χ1n) is 5.53. The zero-order valence-corrected chi connectivity index (χ0v) is 11.0. The van der Waals surface area contributed by atoms with Gasteiger partial charge >= 0.3 is 0 Å². The van der Waals surface area contributed by atoms with E-state index in [1.165, 1.54) is 12.1 Å². The number of hydrogen-bond acceptors (Lipinski definition) is 3. The van der Waals surface area contributed by atoms with Crippen molar-refractivity contribution in [2.24, 2.45) is 0 Å². The van der Waals surface area contributed by atoms with Crippen molar-refractivity contribution in [3.8, 4) is 5.75 Å². The molecule has 0 spiro atoms. The van der Waals surface area contributed by atoms with Crippen molar-refractivity contribution < 1.29 is 13.5 Å². The lowest BCUT2D eigenvalue weighted by Gasteiger charge is -2.09. The molecule has 2 aromatic rings. The average Bonchev–Trinajstić information content (AvgIpc) is 2.36. The Hall–Kier alpha value is -1.81. The number of aromatic hydroxyl groups is 1. The molecule has 0 aliphatic rings. The maximum Gasteiger partial charge on any atom is 0.206 e. The van der Waals surface area contributed by atoms with Crippen molar-refractivity contribution in [3.63, 3.8) is 0 Å². The molecule has 0 aliphatic carbocycles. The Morgan fingerprint density at radius 3 is 1.89 bits per heavy atom. The maximum absolute atomic E-state index is 12.4. The van der Waals surface area contributed by atoms with Gasteiger partial charge in [-0.1, -0.05) is 18.2 Å². The Labute approximate surface area is 107 Å². The molecule has 0 aromatic heterocycles. The third-order valence-electron chi connectivity index (χ3n) is 2.83. The Morgan fingerprint density at radius 2 is 1.39 bits per heavy atom. The van der Waals surface area contributed by atoms with Gasteiger partial charge < -0.3 is 5.11 Å². The summed E-state index contributed by atoms with van der Waals surface area (Å²) in [5.74, 6) is 0.141. The van der Waals surface area contributed by atoms with E-state index >= 15 is 0 Å². The summed E-state index contributed by atoms with van der Waals surface area (Å²) < 4.78 is 24.7. The predicted octanol–water partition coefficient (Wildman–Crippen LogP) is 2.84. The molecule has 3 nitrogen and oxygen atoms in total. The maximum atomic E-state index is 12.4. The number of phenols is 1. The Morgan fingerprint density at radius 1 is 0.889 bits per heavy atom. The van der Waals surface area contributed by atoms with E-state index in [0.29, 0.717) is 11.1 Å². The first kappa shape index (κ1) is 12.6. The lowest BCUT2D eigenvalue weighted by atomic mass is 10.1. The number of hydrogen-bond donors (Lipinski definition) is 1. The smallest absolute Gasteiger partial charge is 0.206 e. The third-order valence-corrected chi connectivity index (χ3v) is 4.58. The fourth-order valence-electron chi connectivity index (χ4n) is 1.81. The lowest BCUT2D eigenvalue weighted by Crippen LogP contribution is -2.02. The summed E-state index contributed by atoms with van der Waals surface area (Å²) in [5.41, 5.74) is 1.12. The molecule has 2 aromatic carbocycles. The Kier molecular flexibility index (Phi) is 3.13. The SMILES string of the molecule is Cc1cc(S(=O)(=O)c2ccccc2)cc(C)c1O. The first-order valence-corrected chi connectivity index (χ1v) is 7.01.